The van der Waals surface area contributed by atoms with Gasteiger partial charge in [0, 0.05) is 11.3 Å². The van der Waals surface area contributed by atoms with E-state index in [9.17, 15) is 0 Å². The molecule has 0 atom stereocenters. The summed E-state index contributed by atoms with van der Waals surface area (Å²) in [5, 5.41) is 6.01. The smallest absolute Gasteiger partial charge is 0.236 e. The van der Waals surface area contributed by atoms with Crippen molar-refractivity contribution in [2.75, 3.05) is 0 Å². The molecule has 3 heterocycles. The molecule has 0 amide bonds. The van der Waals surface area contributed by atoms with Crippen molar-refractivity contribution in [2.24, 2.45) is 0 Å². The van der Waals surface area contributed by atoms with Crippen molar-refractivity contribution in [3.63, 3.8) is 0 Å². The average Bonchev–Trinajstić information content (AvgIpc) is 3.37. The van der Waals surface area contributed by atoms with Gasteiger partial charge in [0.2, 0.25) is 17.6 Å². The lowest BCUT2D eigenvalue weighted by atomic mass is 10.1. The molecule has 0 aliphatic carbocycles. The Labute approximate surface area is 153 Å². The molecule has 5 nitrogen and oxygen atoms in total. The van der Waals surface area contributed by atoms with Crippen molar-refractivity contribution < 1.29 is 8.94 Å². The minimum Gasteiger partial charge on any atom is -0.444 e. The van der Waals surface area contributed by atoms with Crippen molar-refractivity contribution in [1.82, 2.24) is 15.1 Å². The molecule has 0 saturated carbocycles. The molecule has 0 unspecified atom stereocenters. The first-order chi connectivity index (χ1) is 12.3. The van der Waals surface area contributed by atoms with E-state index in [-0.39, 0.29) is 0 Å². The summed E-state index contributed by atoms with van der Waals surface area (Å²) in [5.74, 6) is 3.29. The van der Waals surface area contributed by atoms with Crippen LogP contribution in [0.3, 0.4) is 0 Å². The van der Waals surface area contributed by atoms with Crippen LogP contribution in [0.2, 0.25) is 0 Å². The number of oxazole rings is 1. The van der Waals surface area contributed by atoms with E-state index in [2.05, 4.69) is 34.2 Å². The summed E-state index contributed by atoms with van der Waals surface area (Å²) in [7, 11) is 0. The lowest BCUT2D eigenvalue weighted by molar-refractivity contribution is 0.392. The molecule has 0 aliphatic rings. The predicted molar refractivity (Wildman–Crippen MR) is 99.3 cm³/mol. The molecule has 0 fully saturated rings. The van der Waals surface area contributed by atoms with Gasteiger partial charge in [-0.3, -0.25) is 0 Å². The lowest BCUT2D eigenvalue weighted by Gasteiger charge is -1.96. The van der Waals surface area contributed by atoms with Crippen LogP contribution in [0.5, 0.6) is 0 Å². The highest BCUT2D eigenvalue weighted by atomic mass is 32.2. The van der Waals surface area contributed by atoms with Crippen LogP contribution in [-0.4, -0.2) is 15.1 Å². The molecule has 0 saturated heterocycles. The zero-order chi connectivity index (χ0) is 17.1. The molecule has 4 aromatic rings. The molecule has 126 valence electrons. The molecule has 0 spiro atoms. The highest BCUT2D eigenvalue weighted by Gasteiger charge is 2.11. The van der Waals surface area contributed by atoms with Crippen LogP contribution in [-0.2, 0) is 11.5 Å². The summed E-state index contributed by atoms with van der Waals surface area (Å²) in [4.78, 5) is 9.96. The summed E-state index contributed by atoms with van der Waals surface area (Å²) >= 11 is 3.26. The topological polar surface area (TPSA) is 65.0 Å². The lowest BCUT2D eigenvalue weighted by Crippen LogP contribution is -1.85. The zero-order valence-electron chi connectivity index (χ0n) is 13.5. The molecular weight excluding hydrogens is 354 g/mol. The zero-order valence-corrected chi connectivity index (χ0v) is 15.1. The number of thioether (sulfide) groups is 1. The van der Waals surface area contributed by atoms with Crippen LogP contribution in [0.4, 0.5) is 0 Å². The second kappa shape index (κ2) is 7.25. The van der Waals surface area contributed by atoms with Crippen LogP contribution in [0.1, 0.15) is 17.1 Å². The van der Waals surface area contributed by atoms with Crippen LogP contribution in [0.25, 0.3) is 22.2 Å². The number of hydrogen-bond donors (Lipinski definition) is 0. The van der Waals surface area contributed by atoms with Gasteiger partial charge in [0.05, 0.1) is 16.3 Å². The minimum atomic E-state index is 0.621. The Balaban J connectivity index is 1.34. The maximum atomic E-state index is 5.57. The number of nitrogens with zero attached hydrogens (tertiary/aromatic N) is 3. The molecule has 0 bridgehead atoms. The Hall–Kier alpha value is -2.38. The standard InChI is InChI=1S/C18H15N3O2S2/c1-12-4-6-13(7-5-12)18-19-14(9-22-18)10-24-11-16-20-17(21-23-16)15-3-2-8-25-15/h2-9H,10-11H2,1H3. The van der Waals surface area contributed by atoms with Crippen molar-refractivity contribution in [1.29, 1.82) is 0 Å². The van der Waals surface area contributed by atoms with Gasteiger partial charge in [0.1, 0.15) is 6.26 Å². The maximum absolute atomic E-state index is 5.57. The number of aromatic nitrogens is 3. The molecule has 4 rings (SSSR count). The Morgan fingerprint density at radius 1 is 1.08 bits per heavy atom. The van der Waals surface area contributed by atoms with Crippen molar-refractivity contribution in [3.05, 3.63) is 65.2 Å². The third kappa shape index (κ3) is 3.83. The minimum absolute atomic E-state index is 0.621. The van der Waals surface area contributed by atoms with E-state index in [1.807, 2.05) is 29.6 Å². The quantitative estimate of drug-likeness (QED) is 0.466. The van der Waals surface area contributed by atoms with Crippen LogP contribution in [0, 0.1) is 6.92 Å². The molecule has 1 aromatic carbocycles. The second-order valence-corrected chi connectivity index (χ2v) is 7.43. The number of rotatable bonds is 6. The Bertz CT molecular complexity index is 943. The third-order valence-electron chi connectivity index (χ3n) is 3.54. The van der Waals surface area contributed by atoms with Gasteiger partial charge in [0.25, 0.3) is 0 Å². The van der Waals surface area contributed by atoms with Crippen molar-refractivity contribution in [3.8, 4) is 22.2 Å². The van der Waals surface area contributed by atoms with E-state index < -0.39 is 0 Å². The number of aryl methyl sites for hydroxylation is 1. The van der Waals surface area contributed by atoms with E-state index in [4.69, 9.17) is 8.94 Å². The summed E-state index contributed by atoms with van der Waals surface area (Å²) in [6, 6.07) is 12.1. The third-order valence-corrected chi connectivity index (χ3v) is 5.35. The maximum Gasteiger partial charge on any atom is 0.236 e. The van der Waals surface area contributed by atoms with Gasteiger partial charge in [-0.15, -0.1) is 23.1 Å². The Morgan fingerprint density at radius 2 is 1.96 bits per heavy atom. The second-order valence-electron chi connectivity index (χ2n) is 5.49. The fourth-order valence-electron chi connectivity index (χ4n) is 2.26. The SMILES string of the molecule is Cc1ccc(-c2nc(CSCc3nc(-c4cccs4)no3)co2)cc1. The molecule has 0 radical (unpaired) electrons. The van der Waals surface area contributed by atoms with E-state index in [1.165, 1.54) is 5.56 Å². The summed E-state index contributed by atoms with van der Waals surface area (Å²) < 4.78 is 10.9. The summed E-state index contributed by atoms with van der Waals surface area (Å²) in [6.45, 7) is 2.06. The van der Waals surface area contributed by atoms with Gasteiger partial charge < -0.3 is 8.94 Å². The van der Waals surface area contributed by atoms with E-state index in [1.54, 1.807) is 29.4 Å². The van der Waals surface area contributed by atoms with E-state index in [0.29, 0.717) is 23.4 Å². The normalized spacial score (nSPS) is 11.1. The summed E-state index contributed by atoms with van der Waals surface area (Å²) in [5.41, 5.74) is 3.10. The van der Waals surface area contributed by atoms with Gasteiger partial charge in [-0.05, 0) is 30.5 Å². The number of thiophene rings is 1. The van der Waals surface area contributed by atoms with E-state index >= 15 is 0 Å². The first kappa shape index (κ1) is 16.1. The van der Waals surface area contributed by atoms with Gasteiger partial charge in [0.15, 0.2) is 0 Å². The molecule has 3 aromatic heterocycles. The van der Waals surface area contributed by atoms with Crippen LogP contribution >= 0.6 is 23.1 Å². The van der Waals surface area contributed by atoms with E-state index in [0.717, 1.165) is 21.9 Å². The van der Waals surface area contributed by atoms with Crippen molar-refractivity contribution >= 4 is 23.1 Å². The molecule has 25 heavy (non-hydrogen) atoms. The van der Waals surface area contributed by atoms with Gasteiger partial charge in [-0.1, -0.05) is 28.9 Å². The fourth-order valence-corrected chi connectivity index (χ4v) is 3.65. The Kier molecular flexibility index (Phi) is 4.67. The highest BCUT2D eigenvalue weighted by Crippen LogP contribution is 2.24. The predicted octanol–water partition coefficient (Wildman–Crippen LogP) is 5.19. The number of hydrogen-bond acceptors (Lipinski definition) is 7. The average molecular weight is 369 g/mol. The molecular formula is C18H15N3O2S2. The molecule has 0 aliphatic heterocycles. The fraction of sp³-hybridized carbons (Fsp3) is 0.167. The van der Waals surface area contributed by atoms with Crippen LogP contribution < -0.4 is 0 Å². The monoisotopic (exact) mass is 369 g/mol. The molecule has 0 N–H and O–H groups in total. The largest absolute Gasteiger partial charge is 0.444 e. The van der Waals surface area contributed by atoms with Crippen LogP contribution in [0.15, 0.2) is 57.0 Å². The summed E-state index contributed by atoms with van der Waals surface area (Å²) in [6.07, 6.45) is 1.70. The molecule has 7 heteroatoms. The number of benzene rings is 1. The first-order valence-corrected chi connectivity index (χ1v) is 9.77. The Morgan fingerprint density at radius 3 is 2.76 bits per heavy atom. The highest BCUT2D eigenvalue weighted by molar-refractivity contribution is 7.97. The van der Waals surface area contributed by atoms with Gasteiger partial charge >= 0.3 is 0 Å². The van der Waals surface area contributed by atoms with Gasteiger partial charge in [-0.2, -0.15) is 4.98 Å². The van der Waals surface area contributed by atoms with Crippen molar-refractivity contribution in [2.45, 2.75) is 18.4 Å². The van der Waals surface area contributed by atoms with Gasteiger partial charge in [-0.25, -0.2) is 4.98 Å². The first-order valence-electron chi connectivity index (χ1n) is 7.73.